The van der Waals surface area contributed by atoms with E-state index in [1.54, 1.807) is 0 Å². The number of ketones is 1. The number of carbonyl (C=O) groups is 1. The molecule has 0 spiro atoms. The van der Waals surface area contributed by atoms with Crippen LogP contribution in [0.2, 0.25) is 0 Å². The molecule has 0 atom stereocenters. The number of hydrogen-bond acceptors (Lipinski definition) is 4. The molecule has 0 N–H and O–H groups in total. The Labute approximate surface area is 121 Å². The number of aromatic nitrogens is 2. The van der Waals surface area contributed by atoms with Gasteiger partial charge in [0.05, 0.1) is 5.75 Å². The first-order valence-corrected chi connectivity index (χ1v) is 7.19. The van der Waals surface area contributed by atoms with Gasteiger partial charge in [-0.15, -0.1) is 0 Å². The Bertz CT molecular complexity index is 618. The van der Waals surface area contributed by atoms with Crippen molar-refractivity contribution in [3.63, 3.8) is 0 Å². The highest BCUT2D eigenvalue weighted by molar-refractivity contribution is 7.99. The third kappa shape index (κ3) is 3.42. The molecular formula is C15H15FN2OS. The van der Waals surface area contributed by atoms with Crippen molar-refractivity contribution in [3.05, 3.63) is 52.6 Å². The molecule has 0 aliphatic carbocycles. The number of benzene rings is 1. The van der Waals surface area contributed by atoms with E-state index in [0.717, 1.165) is 17.0 Å². The molecule has 3 nitrogen and oxygen atoms in total. The molecule has 0 bridgehead atoms. The van der Waals surface area contributed by atoms with Crippen molar-refractivity contribution in [2.24, 2.45) is 0 Å². The second kappa shape index (κ2) is 6.13. The maximum Gasteiger partial charge on any atom is 0.188 e. The fourth-order valence-corrected chi connectivity index (χ4v) is 2.49. The van der Waals surface area contributed by atoms with Crippen LogP contribution in [0.5, 0.6) is 0 Å². The van der Waals surface area contributed by atoms with Gasteiger partial charge in [0, 0.05) is 17.0 Å². The maximum absolute atomic E-state index is 12.8. The lowest BCUT2D eigenvalue weighted by molar-refractivity contribution is 0.102. The van der Waals surface area contributed by atoms with Crippen molar-refractivity contribution in [3.8, 4) is 0 Å². The van der Waals surface area contributed by atoms with Crippen molar-refractivity contribution in [1.82, 2.24) is 9.97 Å². The summed E-state index contributed by atoms with van der Waals surface area (Å²) in [5.74, 6) is -0.162. The predicted octanol–water partition coefficient (Wildman–Crippen LogP) is 3.52. The Kier molecular flexibility index (Phi) is 4.49. The molecule has 20 heavy (non-hydrogen) atoms. The summed E-state index contributed by atoms with van der Waals surface area (Å²) < 4.78 is 12.8. The highest BCUT2D eigenvalue weighted by atomic mass is 32.2. The molecule has 0 unspecified atom stereocenters. The minimum Gasteiger partial charge on any atom is -0.293 e. The van der Waals surface area contributed by atoms with Crippen LogP contribution >= 0.6 is 11.8 Å². The summed E-state index contributed by atoms with van der Waals surface area (Å²) in [4.78, 5) is 20.7. The second-order valence-electron chi connectivity index (χ2n) is 4.52. The number of carbonyl (C=O) groups excluding carboxylic acids is 1. The summed E-state index contributed by atoms with van der Waals surface area (Å²) in [7, 11) is 0. The van der Waals surface area contributed by atoms with E-state index in [1.807, 2.05) is 20.8 Å². The molecule has 0 amide bonds. The zero-order valence-corrected chi connectivity index (χ0v) is 12.4. The molecule has 5 heteroatoms. The molecular weight excluding hydrogens is 275 g/mol. The first-order valence-electron chi connectivity index (χ1n) is 6.21. The third-order valence-corrected chi connectivity index (χ3v) is 3.96. The Morgan fingerprint density at radius 2 is 1.65 bits per heavy atom. The van der Waals surface area contributed by atoms with E-state index in [9.17, 15) is 9.18 Å². The highest BCUT2D eigenvalue weighted by Gasteiger charge is 2.10. The smallest absolute Gasteiger partial charge is 0.188 e. The second-order valence-corrected chi connectivity index (χ2v) is 5.46. The molecule has 0 saturated heterocycles. The zero-order chi connectivity index (χ0) is 14.7. The molecule has 1 heterocycles. The van der Waals surface area contributed by atoms with Crippen LogP contribution in [0, 0.1) is 26.6 Å². The monoisotopic (exact) mass is 290 g/mol. The number of nitrogens with zero attached hydrogens (tertiary/aromatic N) is 2. The van der Waals surface area contributed by atoms with Gasteiger partial charge in [-0.3, -0.25) is 4.79 Å². The molecule has 0 radical (unpaired) electrons. The van der Waals surface area contributed by atoms with Gasteiger partial charge in [-0.25, -0.2) is 14.4 Å². The van der Waals surface area contributed by atoms with Crippen LogP contribution in [-0.2, 0) is 0 Å². The van der Waals surface area contributed by atoms with Gasteiger partial charge in [-0.2, -0.15) is 0 Å². The minimum absolute atomic E-state index is 0.0607. The SMILES string of the molecule is Cc1nc(SCC(=O)c2ccc(F)cc2)nc(C)c1C. The Morgan fingerprint density at radius 3 is 2.20 bits per heavy atom. The summed E-state index contributed by atoms with van der Waals surface area (Å²) in [6.07, 6.45) is 0. The van der Waals surface area contributed by atoms with E-state index < -0.39 is 0 Å². The topological polar surface area (TPSA) is 42.9 Å². The predicted molar refractivity (Wildman–Crippen MR) is 77.7 cm³/mol. The molecule has 0 aliphatic heterocycles. The Morgan fingerprint density at radius 1 is 1.10 bits per heavy atom. The Balaban J connectivity index is 2.05. The van der Waals surface area contributed by atoms with Crippen molar-refractivity contribution < 1.29 is 9.18 Å². The van der Waals surface area contributed by atoms with Crippen LogP contribution in [-0.4, -0.2) is 21.5 Å². The first-order chi connectivity index (χ1) is 9.47. The standard InChI is InChI=1S/C15H15FN2OS/c1-9-10(2)17-15(18-11(9)3)20-8-14(19)12-4-6-13(16)7-5-12/h4-7H,8H2,1-3H3. The molecule has 2 aromatic rings. The van der Waals surface area contributed by atoms with Gasteiger partial charge in [0.25, 0.3) is 0 Å². The molecule has 2 rings (SSSR count). The fraction of sp³-hybridized carbons (Fsp3) is 0.267. The molecule has 0 saturated carbocycles. The minimum atomic E-state index is -0.345. The lowest BCUT2D eigenvalue weighted by Gasteiger charge is -2.06. The average Bonchev–Trinajstić information content (AvgIpc) is 2.42. The largest absolute Gasteiger partial charge is 0.293 e. The summed E-state index contributed by atoms with van der Waals surface area (Å²) >= 11 is 1.30. The number of hydrogen-bond donors (Lipinski definition) is 0. The molecule has 1 aromatic carbocycles. The number of Topliss-reactive ketones (excluding diaryl/α,β-unsaturated/α-hetero) is 1. The van der Waals surface area contributed by atoms with Crippen molar-refractivity contribution in [1.29, 1.82) is 0 Å². The van der Waals surface area contributed by atoms with Crippen molar-refractivity contribution in [2.45, 2.75) is 25.9 Å². The Hall–Kier alpha value is -1.75. The summed E-state index contributed by atoms with van der Waals surface area (Å²) in [6, 6.07) is 5.55. The van der Waals surface area contributed by atoms with E-state index in [-0.39, 0.29) is 17.4 Å². The number of aryl methyl sites for hydroxylation is 2. The maximum atomic E-state index is 12.8. The average molecular weight is 290 g/mol. The molecule has 0 fully saturated rings. The third-order valence-electron chi connectivity index (χ3n) is 3.11. The van der Waals surface area contributed by atoms with Crippen LogP contribution in [0.25, 0.3) is 0 Å². The van der Waals surface area contributed by atoms with Gasteiger partial charge in [0.2, 0.25) is 0 Å². The van der Waals surface area contributed by atoms with Crippen LogP contribution < -0.4 is 0 Å². The van der Waals surface area contributed by atoms with E-state index >= 15 is 0 Å². The van der Waals surface area contributed by atoms with Gasteiger partial charge >= 0.3 is 0 Å². The van der Waals surface area contributed by atoms with Gasteiger partial charge in [0.15, 0.2) is 10.9 Å². The highest BCUT2D eigenvalue weighted by Crippen LogP contribution is 2.18. The number of rotatable bonds is 4. The van der Waals surface area contributed by atoms with Crippen LogP contribution in [0.15, 0.2) is 29.4 Å². The molecule has 0 aliphatic rings. The van der Waals surface area contributed by atoms with Gasteiger partial charge in [-0.1, -0.05) is 11.8 Å². The van der Waals surface area contributed by atoms with E-state index in [2.05, 4.69) is 9.97 Å². The quantitative estimate of drug-likeness (QED) is 0.491. The normalized spacial score (nSPS) is 10.6. The lowest BCUT2D eigenvalue weighted by Crippen LogP contribution is -2.04. The van der Waals surface area contributed by atoms with E-state index in [1.165, 1.54) is 36.0 Å². The summed E-state index contributed by atoms with van der Waals surface area (Å²) in [6.45, 7) is 5.83. The van der Waals surface area contributed by atoms with Gasteiger partial charge < -0.3 is 0 Å². The zero-order valence-electron chi connectivity index (χ0n) is 11.6. The van der Waals surface area contributed by atoms with Crippen molar-refractivity contribution in [2.75, 3.05) is 5.75 Å². The summed E-state index contributed by atoms with van der Waals surface area (Å²) in [5, 5.41) is 0.598. The molecule has 104 valence electrons. The molecule has 1 aromatic heterocycles. The summed E-state index contributed by atoms with van der Waals surface area (Å²) in [5.41, 5.74) is 3.42. The fourth-order valence-electron chi connectivity index (χ4n) is 1.66. The van der Waals surface area contributed by atoms with Crippen LogP contribution in [0.4, 0.5) is 4.39 Å². The van der Waals surface area contributed by atoms with E-state index in [4.69, 9.17) is 0 Å². The lowest BCUT2D eigenvalue weighted by atomic mass is 10.1. The van der Waals surface area contributed by atoms with Gasteiger partial charge in [-0.05, 0) is 50.6 Å². The van der Waals surface area contributed by atoms with Crippen LogP contribution in [0.1, 0.15) is 27.3 Å². The van der Waals surface area contributed by atoms with Gasteiger partial charge in [0.1, 0.15) is 5.82 Å². The number of halogens is 1. The first kappa shape index (κ1) is 14.7. The number of thioether (sulfide) groups is 1. The van der Waals surface area contributed by atoms with Crippen LogP contribution in [0.3, 0.4) is 0 Å². The van der Waals surface area contributed by atoms with Crippen molar-refractivity contribution >= 4 is 17.5 Å². The van der Waals surface area contributed by atoms with E-state index in [0.29, 0.717) is 10.7 Å².